The third-order valence-corrected chi connectivity index (χ3v) is 3.55. The zero-order valence-corrected chi connectivity index (χ0v) is 12.5. The Labute approximate surface area is 129 Å². The Bertz CT molecular complexity index is 754. The van der Waals surface area contributed by atoms with Crippen LogP contribution in [0.15, 0.2) is 60.7 Å². The molecule has 3 heteroatoms. The van der Waals surface area contributed by atoms with Crippen molar-refractivity contribution in [2.24, 2.45) is 0 Å². The largest absolute Gasteiger partial charge is 0.228 e. The summed E-state index contributed by atoms with van der Waals surface area (Å²) in [5, 5.41) is 0.459. The van der Waals surface area contributed by atoms with Crippen LogP contribution in [0.1, 0.15) is 12.5 Å². The summed E-state index contributed by atoms with van der Waals surface area (Å²) in [7, 11) is 0. The van der Waals surface area contributed by atoms with Gasteiger partial charge in [-0.1, -0.05) is 67.1 Å². The lowest BCUT2D eigenvalue weighted by Gasteiger charge is -2.07. The van der Waals surface area contributed by atoms with Crippen LogP contribution in [0, 0.1) is 0 Å². The first-order valence-corrected chi connectivity index (χ1v) is 7.33. The molecule has 3 aromatic rings. The number of aromatic nitrogens is 2. The van der Waals surface area contributed by atoms with Crippen molar-refractivity contribution in [2.75, 3.05) is 0 Å². The van der Waals surface area contributed by atoms with E-state index in [0.29, 0.717) is 11.0 Å². The Morgan fingerprint density at radius 3 is 2.38 bits per heavy atom. The van der Waals surface area contributed by atoms with Crippen molar-refractivity contribution in [3.05, 3.63) is 71.4 Å². The maximum atomic E-state index is 6.17. The van der Waals surface area contributed by atoms with E-state index in [9.17, 15) is 0 Å². The molecule has 2 nitrogen and oxygen atoms in total. The van der Waals surface area contributed by atoms with E-state index in [4.69, 9.17) is 11.6 Å². The first kappa shape index (κ1) is 13.8. The van der Waals surface area contributed by atoms with Crippen LogP contribution in [0.4, 0.5) is 0 Å². The standard InChI is InChI=1S/C18H15ClN2/c1-2-13-7-6-10-15(11-13)16-12-17(19)21-18(20-16)14-8-4-3-5-9-14/h3-12H,2H2,1H3. The van der Waals surface area contributed by atoms with Gasteiger partial charge in [0.2, 0.25) is 0 Å². The summed E-state index contributed by atoms with van der Waals surface area (Å²) >= 11 is 6.17. The van der Waals surface area contributed by atoms with E-state index in [2.05, 4.69) is 29.0 Å². The number of benzene rings is 2. The van der Waals surface area contributed by atoms with Gasteiger partial charge in [-0.15, -0.1) is 0 Å². The van der Waals surface area contributed by atoms with Crippen molar-refractivity contribution in [1.29, 1.82) is 0 Å². The minimum Gasteiger partial charge on any atom is -0.228 e. The van der Waals surface area contributed by atoms with E-state index in [1.807, 2.05) is 48.5 Å². The highest BCUT2D eigenvalue weighted by Gasteiger charge is 2.07. The lowest BCUT2D eigenvalue weighted by atomic mass is 10.1. The van der Waals surface area contributed by atoms with Gasteiger partial charge in [0.05, 0.1) is 5.69 Å². The van der Waals surface area contributed by atoms with Crippen molar-refractivity contribution in [3.8, 4) is 22.6 Å². The Morgan fingerprint density at radius 1 is 0.857 bits per heavy atom. The zero-order chi connectivity index (χ0) is 14.7. The van der Waals surface area contributed by atoms with E-state index >= 15 is 0 Å². The number of aryl methyl sites for hydroxylation is 1. The van der Waals surface area contributed by atoms with Crippen molar-refractivity contribution < 1.29 is 0 Å². The molecular weight excluding hydrogens is 280 g/mol. The molecule has 3 rings (SSSR count). The van der Waals surface area contributed by atoms with E-state index in [0.717, 1.165) is 23.2 Å². The summed E-state index contributed by atoms with van der Waals surface area (Å²) in [5.41, 5.74) is 4.16. The third-order valence-electron chi connectivity index (χ3n) is 3.36. The van der Waals surface area contributed by atoms with Gasteiger partial charge in [0, 0.05) is 17.2 Å². The van der Waals surface area contributed by atoms with Gasteiger partial charge in [-0.2, -0.15) is 0 Å². The summed E-state index contributed by atoms with van der Waals surface area (Å²) in [5.74, 6) is 0.653. The molecule has 0 fully saturated rings. The molecule has 0 bridgehead atoms. The van der Waals surface area contributed by atoms with Crippen LogP contribution < -0.4 is 0 Å². The average molecular weight is 295 g/mol. The minimum atomic E-state index is 0.459. The highest BCUT2D eigenvalue weighted by atomic mass is 35.5. The molecule has 0 spiro atoms. The smallest absolute Gasteiger partial charge is 0.161 e. The maximum Gasteiger partial charge on any atom is 0.161 e. The molecular formula is C18H15ClN2. The molecule has 0 unspecified atom stereocenters. The van der Waals surface area contributed by atoms with Crippen LogP contribution in [0.25, 0.3) is 22.6 Å². The molecule has 1 heterocycles. The van der Waals surface area contributed by atoms with E-state index in [1.54, 1.807) is 0 Å². The summed E-state index contributed by atoms with van der Waals surface area (Å²) in [6.07, 6.45) is 0.998. The second-order valence-electron chi connectivity index (χ2n) is 4.82. The van der Waals surface area contributed by atoms with Gasteiger partial charge in [-0.25, -0.2) is 9.97 Å². The van der Waals surface area contributed by atoms with Gasteiger partial charge < -0.3 is 0 Å². The number of rotatable bonds is 3. The molecule has 1 aromatic heterocycles. The van der Waals surface area contributed by atoms with Gasteiger partial charge in [-0.3, -0.25) is 0 Å². The van der Waals surface area contributed by atoms with E-state index in [1.165, 1.54) is 5.56 Å². The van der Waals surface area contributed by atoms with Crippen molar-refractivity contribution in [1.82, 2.24) is 9.97 Å². The number of halogens is 1. The lowest BCUT2D eigenvalue weighted by Crippen LogP contribution is -1.93. The van der Waals surface area contributed by atoms with Crippen LogP contribution in [0.2, 0.25) is 5.15 Å². The molecule has 2 aromatic carbocycles. The second-order valence-corrected chi connectivity index (χ2v) is 5.21. The molecule has 0 aliphatic heterocycles. The van der Waals surface area contributed by atoms with Crippen LogP contribution in [0.5, 0.6) is 0 Å². The fourth-order valence-electron chi connectivity index (χ4n) is 2.23. The minimum absolute atomic E-state index is 0.459. The molecule has 0 saturated heterocycles. The summed E-state index contributed by atoms with van der Waals surface area (Å²) < 4.78 is 0. The van der Waals surface area contributed by atoms with Crippen molar-refractivity contribution in [3.63, 3.8) is 0 Å². The highest BCUT2D eigenvalue weighted by Crippen LogP contribution is 2.25. The predicted molar refractivity (Wildman–Crippen MR) is 87.3 cm³/mol. The molecule has 0 saturated carbocycles. The first-order valence-electron chi connectivity index (χ1n) is 6.95. The summed E-state index contributed by atoms with van der Waals surface area (Å²) in [6.45, 7) is 2.14. The highest BCUT2D eigenvalue weighted by molar-refractivity contribution is 6.29. The Balaban J connectivity index is 2.09. The van der Waals surface area contributed by atoms with Crippen molar-refractivity contribution >= 4 is 11.6 Å². The monoisotopic (exact) mass is 294 g/mol. The van der Waals surface area contributed by atoms with E-state index < -0.39 is 0 Å². The SMILES string of the molecule is CCc1cccc(-c2cc(Cl)nc(-c3ccccc3)n2)c1. The van der Waals surface area contributed by atoms with Gasteiger partial charge in [0.25, 0.3) is 0 Å². The number of hydrogen-bond acceptors (Lipinski definition) is 2. The molecule has 0 aliphatic rings. The molecule has 0 radical (unpaired) electrons. The first-order chi connectivity index (χ1) is 10.3. The Morgan fingerprint density at radius 2 is 1.62 bits per heavy atom. The average Bonchev–Trinajstić information content (AvgIpc) is 2.55. The predicted octanol–water partition coefficient (Wildman–Crippen LogP) is 5.03. The summed E-state index contributed by atoms with van der Waals surface area (Å²) in [6, 6.07) is 20.0. The van der Waals surface area contributed by atoms with Crippen LogP contribution in [0.3, 0.4) is 0 Å². The fraction of sp³-hybridized carbons (Fsp3) is 0.111. The van der Waals surface area contributed by atoms with E-state index in [-0.39, 0.29) is 0 Å². The quantitative estimate of drug-likeness (QED) is 0.633. The zero-order valence-electron chi connectivity index (χ0n) is 11.8. The van der Waals surface area contributed by atoms with Gasteiger partial charge >= 0.3 is 0 Å². The third kappa shape index (κ3) is 3.11. The summed E-state index contributed by atoms with van der Waals surface area (Å²) in [4.78, 5) is 8.98. The maximum absolute atomic E-state index is 6.17. The Kier molecular flexibility index (Phi) is 3.98. The van der Waals surface area contributed by atoms with Gasteiger partial charge in [-0.05, 0) is 18.1 Å². The molecule has 0 aliphatic carbocycles. The molecule has 21 heavy (non-hydrogen) atoms. The van der Waals surface area contributed by atoms with Crippen LogP contribution >= 0.6 is 11.6 Å². The van der Waals surface area contributed by atoms with Crippen LogP contribution in [-0.2, 0) is 6.42 Å². The second kappa shape index (κ2) is 6.06. The molecule has 0 N–H and O–H groups in total. The van der Waals surface area contributed by atoms with Gasteiger partial charge in [0.1, 0.15) is 5.15 Å². The fourth-order valence-corrected chi connectivity index (χ4v) is 2.42. The molecule has 0 amide bonds. The number of nitrogens with zero attached hydrogens (tertiary/aromatic N) is 2. The van der Waals surface area contributed by atoms with Crippen molar-refractivity contribution in [2.45, 2.75) is 13.3 Å². The van der Waals surface area contributed by atoms with Gasteiger partial charge in [0.15, 0.2) is 5.82 Å². The normalized spacial score (nSPS) is 10.6. The molecule has 0 atom stereocenters. The lowest BCUT2D eigenvalue weighted by molar-refractivity contribution is 1.13. The van der Waals surface area contributed by atoms with Crippen LogP contribution in [-0.4, -0.2) is 9.97 Å². The molecule has 104 valence electrons. The topological polar surface area (TPSA) is 25.8 Å². The Hall–Kier alpha value is -2.19. The number of hydrogen-bond donors (Lipinski definition) is 0.